The minimum atomic E-state index is -0.623. The van der Waals surface area contributed by atoms with Gasteiger partial charge in [0.1, 0.15) is 11.6 Å². The average Bonchev–Trinajstić information content (AvgIpc) is 2.33. The topological polar surface area (TPSA) is 55.4 Å². The smallest absolute Gasteiger partial charge is 0.329 e. The van der Waals surface area contributed by atoms with Crippen molar-refractivity contribution in [3.8, 4) is 0 Å². The molecule has 0 saturated carbocycles. The van der Waals surface area contributed by atoms with Crippen molar-refractivity contribution in [2.24, 2.45) is 5.92 Å². The molecule has 0 spiro atoms. The number of hydrogen-bond acceptors (Lipinski definition) is 3. The van der Waals surface area contributed by atoms with E-state index >= 15 is 0 Å². The Hall–Kier alpha value is -1.58. The Morgan fingerprint density at radius 1 is 1.25 bits per heavy atom. The quantitative estimate of drug-likeness (QED) is 0.462. The predicted molar refractivity (Wildman–Crippen MR) is 81.2 cm³/mol. The number of ether oxygens (including phenoxy) is 1. The van der Waals surface area contributed by atoms with Crippen LogP contribution in [-0.4, -0.2) is 23.5 Å². The number of allylic oxidation sites excluding steroid dienone is 3. The van der Waals surface area contributed by atoms with Crippen LogP contribution >= 0.6 is 0 Å². The van der Waals surface area contributed by atoms with Gasteiger partial charge in [0.25, 0.3) is 0 Å². The zero-order chi connectivity index (χ0) is 15.8. The summed E-state index contributed by atoms with van der Waals surface area (Å²) in [6, 6.07) is -0.623. The number of nitrogens with one attached hydrogen (secondary N) is 1. The Labute approximate surface area is 122 Å². The van der Waals surface area contributed by atoms with E-state index in [9.17, 15) is 9.59 Å². The largest absolute Gasteiger partial charge is 0.458 e. The van der Waals surface area contributed by atoms with Gasteiger partial charge >= 0.3 is 5.97 Å². The van der Waals surface area contributed by atoms with E-state index in [0.717, 1.165) is 6.42 Å². The highest BCUT2D eigenvalue weighted by Crippen LogP contribution is 2.14. The van der Waals surface area contributed by atoms with Crippen molar-refractivity contribution in [2.45, 2.75) is 59.6 Å². The van der Waals surface area contributed by atoms with E-state index in [1.807, 2.05) is 47.6 Å². The van der Waals surface area contributed by atoms with Crippen LogP contribution < -0.4 is 5.32 Å². The van der Waals surface area contributed by atoms with Crippen molar-refractivity contribution in [1.29, 1.82) is 0 Å². The van der Waals surface area contributed by atoms with Gasteiger partial charge in [0.2, 0.25) is 5.91 Å². The van der Waals surface area contributed by atoms with E-state index in [4.69, 9.17) is 4.74 Å². The minimum Gasteiger partial charge on any atom is -0.458 e. The first-order chi connectivity index (χ1) is 9.21. The molecule has 0 unspecified atom stereocenters. The molecule has 1 amide bonds. The zero-order valence-electron chi connectivity index (χ0n) is 13.4. The van der Waals surface area contributed by atoms with Crippen LogP contribution in [-0.2, 0) is 14.3 Å². The van der Waals surface area contributed by atoms with Crippen molar-refractivity contribution in [1.82, 2.24) is 5.32 Å². The zero-order valence-corrected chi connectivity index (χ0v) is 13.4. The molecule has 0 aliphatic carbocycles. The summed E-state index contributed by atoms with van der Waals surface area (Å²) in [5.74, 6) is -0.664. The molecule has 20 heavy (non-hydrogen) atoms. The van der Waals surface area contributed by atoms with Gasteiger partial charge < -0.3 is 10.1 Å². The number of amides is 1. The third-order valence-corrected chi connectivity index (χ3v) is 2.72. The van der Waals surface area contributed by atoms with Crippen LogP contribution in [0.2, 0.25) is 0 Å². The van der Waals surface area contributed by atoms with Gasteiger partial charge in [0.15, 0.2) is 0 Å². The summed E-state index contributed by atoms with van der Waals surface area (Å²) in [5, 5.41) is 2.71. The van der Waals surface area contributed by atoms with Crippen LogP contribution in [0.4, 0.5) is 0 Å². The third-order valence-electron chi connectivity index (χ3n) is 2.72. The van der Waals surface area contributed by atoms with Crippen molar-refractivity contribution in [2.75, 3.05) is 0 Å². The maximum Gasteiger partial charge on any atom is 0.329 e. The van der Waals surface area contributed by atoms with Crippen molar-refractivity contribution < 1.29 is 14.3 Å². The molecular formula is C16H27NO3. The first kappa shape index (κ1) is 18.4. The van der Waals surface area contributed by atoms with Crippen LogP contribution in [0.3, 0.4) is 0 Å². The first-order valence-electron chi connectivity index (χ1n) is 7.04. The second-order valence-electron chi connectivity index (χ2n) is 5.79. The molecule has 0 saturated heterocycles. The second-order valence-corrected chi connectivity index (χ2v) is 5.79. The molecule has 0 aromatic heterocycles. The Bertz CT molecular complexity index is 378. The van der Waals surface area contributed by atoms with Crippen LogP contribution in [0.15, 0.2) is 24.3 Å². The highest BCUT2D eigenvalue weighted by Gasteiger charge is 2.29. The van der Waals surface area contributed by atoms with E-state index in [0.29, 0.717) is 0 Å². The van der Waals surface area contributed by atoms with Gasteiger partial charge in [-0.25, -0.2) is 4.79 Å². The Morgan fingerprint density at radius 3 is 2.30 bits per heavy atom. The van der Waals surface area contributed by atoms with Gasteiger partial charge in [0, 0.05) is 6.08 Å². The molecule has 0 radical (unpaired) electrons. The molecular weight excluding hydrogens is 254 g/mol. The van der Waals surface area contributed by atoms with Crippen LogP contribution in [0.25, 0.3) is 0 Å². The lowest BCUT2D eigenvalue weighted by molar-refractivity contribution is -0.159. The number of esters is 1. The number of carbonyl (C=O) groups is 2. The molecule has 2 atom stereocenters. The molecule has 0 aromatic carbocycles. The fourth-order valence-electron chi connectivity index (χ4n) is 1.49. The molecule has 1 N–H and O–H groups in total. The van der Waals surface area contributed by atoms with Gasteiger partial charge in [-0.15, -0.1) is 0 Å². The van der Waals surface area contributed by atoms with Crippen molar-refractivity contribution in [3.05, 3.63) is 24.3 Å². The van der Waals surface area contributed by atoms with E-state index in [2.05, 4.69) is 5.32 Å². The summed E-state index contributed by atoms with van der Waals surface area (Å²) < 4.78 is 5.36. The Kier molecular flexibility index (Phi) is 7.89. The van der Waals surface area contributed by atoms with Crippen LogP contribution in [0.1, 0.15) is 48.0 Å². The van der Waals surface area contributed by atoms with Gasteiger partial charge in [-0.2, -0.15) is 0 Å². The molecule has 4 heteroatoms. The molecule has 0 aliphatic rings. The van der Waals surface area contributed by atoms with E-state index in [-0.39, 0.29) is 17.8 Å². The van der Waals surface area contributed by atoms with Gasteiger partial charge in [-0.3, -0.25) is 4.79 Å². The molecule has 0 fully saturated rings. The lowest BCUT2D eigenvalue weighted by Crippen LogP contribution is -2.47. The van der Waals surface area contributed by atoms with Crippen molar-refractivity contribution in [3.63, 3.8) is 0 Å². The molecule has 114 valence electrons. The summed E-state index contributed by atoms with van der Waals surface area (Å²) >= 11 is 0. The number of rotatable bonds is 6. The molecule has 4 nitrogen and oxygen atoms in total. The van der Waals surface area contributed by atoms with Gasteiger partial charge in [-0.1, -0.05) is 38.5 Å². The summed E-state index contributed by atoms with van der Waals surface area (Å²) in [5.41, 5.74) is -0.561. The monoisotopic (exact) mass is 281 g/mol. The maximum atomic E-state index is 12.1. The number of carbonyl (C=O) groups excluding carboxylic acids is 2. The first-order valence-corrected chi connectivity index (χ1v) is 7.04. The molecule has 0 aromatic rings. The molecule has 0 heterocycles. The summed E-state index contributed by atoms with van der Waals surface area (Å²) in [6.07, 6.45) is 7.40. The maximum absolute atomic E-state index is 12.1. The summed E-state index contributed by atoms with van der Waals surface area (Å²) in [6.45, 7) is 11.2. The van der Waals surface area contributed by atoms with Crippen LogP contribution in [0.5, 0.6) is 0 Å². The second kappa shape index (κ2) is 8.56. The summed E-state index contributed by atoms with van der Waals surface area (Å²) in [4.78, 5) is 23.9. The van der Waals surface area contributed by atoms with E-state index in [1.54, 1.807) is 12.2 Å². The van der Waals surface area contributed by atoms with Crippen LogP contribution in [0, 0.1) is 5.92 Å². The van der Waals surface area contributed by atoms with Gasteiger partial charge in [-0.05, 0) is 33.6 Å². The SMILES string of the molecule is CC=C/C=C/C(=O)N[C@H](C(=O)OC(C)(C)C)[C@@H](C)CC. The Morgan fingerprint density at radius 2 is 1.85 bits per heavy atom. The lowest BCUT2D eigenvalue weighted by Gasteiger charge is -2.27. The summed E-state index contributed by atoms with van der Waals surface area (Å²) in [7, 11) is 0. The predicted octanol–water partition coefficient (Wildman–Crippen LogP) is 2.99. The molecule has 0 aliphatic heterocycles. The minimum absolute atomic E-state index is 0.0175. The molecule has 0 rings (SSSR count). The Balaban J connectivity index is 4.81. The van der Waals surface area contributed by atoms with Gasteiger partial charge in [0.05, 0.1) is 0 Å². The third kappa shape index (κ3) is 7.77. The fourth-order valence-corrected chi connectivity index (χ4v) is 1.49. The lowest BCUT2D eigenvalue weighted by atomic mass is 9.99. The van der Waals surface area contributed by atoms with Crippen molar-refractivity contribution >= 4 is 11.9 Å². The highest BCUT2D eigenvalue weighted by atomic mass is 16.6. The van der Waals surface area contributed by atoms with E-state index in [1.165, 1.54) is 6.08 Å². The standard InChI is InChI=1S/C16H27NO3/c1-7-9-10-11-13(18)17-14(12(3)8-2)15(19)20-16(4,5)6/h7,9-12,14H,8H2,1-6H3,(H,17,18)/b9-7?,11-10+/t12-,14-/m0/s1. The average molecular weight is 281 g/mol. The normalized spacial score (nSPS) is 15.3. The number of hydrogen-bond donors (Lipinski definition) is 1. The highest BCUT2D eigenvalue weighted by molar-refractivity contribution is 5.91. The fraction of sp³-hybridized carbons (Fsp3) is 0.625. The molecule has 0 bridgehead atoms. The van der Waals surface area contributed by atoms with E-state index < -0.39 is 11.6 Å².